The normalized spacial score (nSPS) is 43.0. The van der Waals surface area contributed by atoms with Crippen molar-refractivity contribution < 1.29 is 5.11 Å². The van der Waals surface area contributed by atoms with E-state index < -0.39 is 5.60 Å². The van der Waals surface area contributed by atoms with E-state index in [1.54, 1.807) is 0 Å². The van der Waals surface area contributed by atoms with Crippen LogP contribution in [0.4, 0.5) is 0 Å². The van der Waals surface area contributed by atoms with E-state index in [-0.39, 0.29) is 0 Å². The Morgan fingerprint density at radius 3 is 2.25 bits per heavy atom. The molecule has 1 heterocycles. The standard InChI is InChI=1S/C10H21NO/c1-4-5-10(12)8(2)6-11-7-9(10)3/h8-9,11-12H,4-7H2,1-3H3/t8-,9+,10-. The molecule has 0 aromatic heterocycles. The first-order valence-corrected chi connectivity index (χ1v) is 5.04. The van der Waals surface area contributed by atoms with E-state index in [0.29, 0.717) is 11.8 Å². The van der Waals surface area contributed by atoms with E-state index in [9.17, 15) is 5.11 Å². The molecule has 0 saturated carbocycles. The number of rotatable bonds is 2. The minimum atomic E-state index is -0.417. The summed E-state index contributed by atoms with van der Waals surface area (Å²) in [4.78, 5) is 0. The van der Waals surface area contributed by atoms with E-state index in [1.807, 2.05) is 0 Å². The van der Waals surface area contributed by atoms with Crippen LogP contribution in [0.25, 0.3) is 0 Å². The Morgan fingerprint density at radius 1 is 1.33 bits per heavy atom. The van der Waals surface area contributed by atoms with Gasteiger partial charge >= 0.3 is 0 Å². The summed E-state index contributed by atoms with van der Waals surface area (Å²) in [5, 5.41) is 13.7. The first kappa shape index (κ1) is 10.0. The Labute approximate surface area is 75.4 Å². The van der Waals surface area contributed by atoms with E-state index in [0.717, 1.165) is 25.9 Å². The second-order valence-electron chi connectivity index (χ2n) is 4.20. The molecular formula is C10H21NO. The Balaban J connectivity index is 2.66. The van der Waals surface area contributed by atoms with Crippen LogP contribution in [0.5, 0.6) is 0 Å². The SMILES string of the molecule is CCC[C@@]1(O)[C@H](C)CNC[C@@H]1C. The van der Waals surface area contributed by atoms with Gasteiger partial charge in [-0.1, -0.05) is 27.2 Å². The molecule has 72 valence electrons. The molecule has 0 aromatic carbocycles. The van der Waals surface area contributed by atoms with Gasteiger partial charge in [0.2, 0.25) is 0 Å². The molecule has 0 amide bonds. The van der Waals surface area contributed by atoms with Gasteiger partial charge < -0.3 is 10.4 Å². The molecule has 1 aliphatic heterocycles. The monoisotopic (exact) mass is 171 g/mol. The third kappa shape index (κ3) is 1.64. The summed E-state index contributed by atoms with van der Waals surface area (Å²) in [7, 11) is 0. The van der Waals surface area contributed by atoms with Crippen LogP contribution in [-0.2, 0) is 0 Å². The molecule has 0 bridgehead atoms. The molecule has 2 heteroatoms. The van der Waals surface area contributed by atoms with Gasteiger partial charge in [0.15, 0.2) is 0 Å². The molecule has 0 radical (unpaired) electrons. The molecule has 0 unspecified atom stereocenters. The number of piperidine rings is 1. The Morgan fingerprint density at radius 2 is 1.83 bits per heavy atom. The first-order valence-electron chi connectivity index (χ1n) is 5.04. The largest absolute Gasteiger partial charge is 0.389 e. The average molecular weight is 171 g/mol. The number of hydrogen-bond acceptors (Lipinski definition) is 2. The van der Waals surface area contributed by atoms with Crippen LogP contribution in [-0.4, -0.2) is 23.8 Å². The highest BCUT2D eigenvalue weighted by Crippen LogP contribution is 2.33. The summed E-state index contributed by atoms with van der Waals surface area (Å²) >= 11 is 0. The van der Waals surface area contributed by atoms with Crippen molar-refractivity contribution in [2.75, 3.05) is 13.1 Å². The maximum atomic E-state index is 10.4. The van der Waals surface area contributed by atoms with Gasteiger partial charge in [-0.25, -0.2) is 0 Å². The molecule has 0 aliphatic carbocycles. The first-order chi connectivity index (χ1) is 5.61. The summed E-state index contributed by atoms with van der Waals surface area (Å²) in [6.07, 6.45) is 2.02. The highest BCUT2D eigenvalue weighted by molar-refractivity contribution is 4.93. The van der Waals surface area contributed by atoms with Crippen LogP contribution >= 0.6 is 0 Å². The molecular weight excluding hydrogens is 150 g/mol. The van der Waals surface area contributed by atoms with Crippen LogP contribution < -0.4 is 5.32 Å². The van der Waals surface area contributed by atoms with E-state index in [4.69, 9.17) is 0 Å². The van der Waals surface area contributed by atoms with Gasteiger partial charge in [0.05, 0.1) is 5.60 Å². The zero-order valence-electron chi connectivity index (χ0n) is 8.43. The van der Waals surface area contributed by atoms with E-state index >= 15 is 0 Å². The lowest BCUT2D eigenvalue weighted by Gasteiger charge is -2.43. The van der Waals surface area contributed by atoms with Crippen LogP contribution in [0.1, 0.15) is 33.6 Å². The van der Waals surface area contributed by atoms with Gasteiger partial charge in [0, 0.05) is 13.1 Å². The van der Waals surface area contributed by atoms with E-state index in [2.05, 4.69) is 26.1 Å². The second-order valence-corrected chi connectivity index (χ2v) is 4.20. The smallest absolute Gasteiger partial charge is 0.0722 e. The molecule has 1 saturated heterocycles. The fraction of sp³-hybridized carbons (Fsp3) is 1.00. The third-order valence-corrected chi connectivity index (χ3v) is 3.26. The third-order valence-electron chi connectivity index (χ3n) is 3.26. The van der Waals surface area contributed by atoms with Crippen LogP contribution in [0.3, 0.4) is 0 Å². The van der Waals surface area contributed by atoms with Crippen molar-refractivity contribution in [1.82, 2.24) is 5.32 Å². The molecule has 0 aromatic rings. The predicted octanol–water partition coefficient (Wildman–Crippen LogP) is 1.39. The van der Waals surface area contributed by atoms with Crippen molar-refractivity contribution in [1.29, 1.82) is 0 Å². The fourth-order valence-corrected chi connectivity index (χ4v) is 2.25. The van der Waals surface area contributed by atoms with Gasteiger partial charge in [-0.15, -0.1) is 0 Å². The fourth-order valence-electron chi connectivity index (χ4n) is 2.25. The van der Waals surface area contributed by atoms with Gasteiger partial charge in [0.25, 0.3) is 0 Å². The summed E-state index contributed by atoms with van der Waals surface area (Å²) < 4.78 is 0. The molecule has 1 fully saturated rings. The van der Waals surface area contributed by atoms with Gasteiger partial charge in [-0.3, -0.25) is 0 Å². The summed E-state index contributed by atoms with van der Waals surface area (Å²) in [5.74, 6) is 0.780. The highest BCUT2D eigenvalue weighted by Gasteiger charge is 2.40. The zero-order chi connectivity index (χ0) is 9.19. The van der Waals surface area contributed by atoms with Crippen molar-refractivity contribution in [3.05, 3.63) is 0 Å². The van der Waals surface area contributed by atoms with Gasteiger partial charge in [0.1, 0.15) is 0 Å². The highest BCUT2D eigenvalue weighted by atomic mass is 16.3. The molecule has 0 spiro atoms. The van der Waals surface area contributed by atoms with Crippen molar-refractivity contribution in [3.8, 4) is 0 Å². The van der Waals surface area contributed by atoms with Crippen molar-refractivity contribution >= 4 is 0 Å². The van der Waals surface area contributed by atoms with Crippen molar-refractivity contribution in [2.45, 2.75) is 39.2 Å². The number of hydrogen-bond donors (Lipinski definition) is 2. The van der Waals surface area contributed by atoms with Gasteiger partial charge in [-0.05, 0) is 18.3 Å². The maximum absolute atomic E-state index is 10.4. The average Bonchev–Trinajstić information content (AvgIpc) is 2.02. The lowest BCUT2D eigenvalue weighted by atomic mass is 9.73. The molecule has 2 nitrogen and oxygen atoms in total. The van der Waals surface area contributed by atoms with E-state index in [1.165, 1.54) is 0 Å². The number of aliphatic hydroxyl groups is 1. The lowest BCUT2D eigenvalue weighted by molar-refractivity contribution is -0.0804. The molecule has 12 heavy (non-hydrogen) atoms. The summed E-state index contributed by atoms with van der Waals surface area (Å²) in [5.41, 5.74) is -0.417. The second kappa shape index (κ2) is 3.75. The lowest BCUT2D eigenvalue weighted by Crippen LogP contribution is -2.54. The summed E-state index contributed by atoms with van der Waals surface area (Å²) in [6, 6.07) is 0. The Hall–Kier alpha value is -0.0800. The van der Waals surface area contributed by atoms with Gasteiger partial charge in [-0.2, -0.15) is 0 Å². The Bertz CT molecular complexity index is 137. The predicted molar refractivity (Wildman–Crippen MR) is 51.1 cm³/mol. The molecule has 1 rings (SSSR count). The molecule has 1 aliphatic rings. The molecule has 2 N–H and O–H groups in total. The minimum Gasteiger partial charge on any atom is -0.389 e. The minimum absolute atomic E-state index is 0.390. The Kier molecular flexibility index (Phi) is 3.13. The molecule has 3 atom stereocenters. The van der Waals surface area contributed by atoms with Crippen LogP contribution in [0.15, 0.2) is 0 Å². The van der Waals surface area contributed by atoms with Crippen LogP contribution in [0, 0.1) is 11.8 Å². The zero-order valence-corrected chi connectivity index (χ0v) is 8.43. The topological polar surface area (TPSA) is 32.3 Å². The maximum Gasteiger partial charge on any atom is 0.0722 e. The quantitative estimate of drug-likeness (QED) is 0.658. The van der Waals surface area contributed by atoms with Crippen molar-refractivity contribution in [3.63, 3.8) is 0 Å². The van der Waals surface area contributed by atoms with Crippen LogP contribution in [0.2, 0.25) is 0 Å². The summed E-state index contributed by atoms with van der Waals surface area (Å²) in [6.45, 7) is 8.33. The van der Waals surface area contributed by atoms with Crippen molar-refractivity contribution in [2.24, 2.45) is 11.8 Å². The number of nitrogens with one attached hydrogen (secondary N) is 1.